The molecule has 3 N–H and O–H groups in total. The van der Waals surface area contributed by atoms with Crippen LogP contribution in [0.4, 0.5) is 13.2 Å². The van der Waals surface area contributed by atoms with Gasteiger partial charge in [0.15, 0.2) is 0 Å². The first-order chi connectivity index (χ1) is 43.5. The average molecular weight is 1330 g/mol. The van der Waals surface area contributed by atoms with Gasteiger partial charge < -0.3 is 55.1 Å². The quantitative estimate of drug-likeness (QED) is 0.210. The Hall–Kier alpha value is -6.53. The maximum atomic E-state index is 15.2. The molecule has 4 fully saturated rings. The van der Waals surface area contributed by atoms with Gasteiger partial charge in [0, 0.05) is 68.3 Å². The molecule has 2 heterocycles. The number of likely N-dealkylation sites (N-methyl/N-ethyl adjacent to an activating group) is 7. The molecule has 0 aromatic heterocycles. The van der Waals surface area contributed by atoms with E-state index in [0.29, 0.717) is 37.7 Å². The molecule has 0 radical (unpaired) electrons. The van der Waals surface area contributed by atoms with Gasteiger partial charge >= 0.3 is 6.18 Å². The highest BCUT2D eigenvalue weighted by molar-refractivity contribution is 6.31. The van der Waals surface area contributed by atoms with E-state index in [9.17, 15) is 56.3 Å². The number of fused-ring (bicyclic) bond motifs is 1. The Bertz CT molecular complexity index is 2830. The number of hydrogen-bond acceptors (Lipinski definition) is 11. The van der Waals surface area contributed by atoms with Crippen molar-refractivity contribution in [2.45, 2.75) is 224 Å². The summed E-state index contributed by atoms with van der Waals surface area (Å²) in [4.78, 5) is 171. The van der Waals surface area contributed by atoms with Crippen molar-refractivity contribution in [2.75, 3.05) is 75.5 Å². The molecule has 1 aromatic carbocycles. The summed E-state index contributed by atoms with van der Waals surface area (Å²) in [5.74, 6) is -7.01. The number of halogens is 4. The Morgan fingerprint density at radius 3 is 1.83 bits per heavy atom. The van der Waals surface area contributed by atoms with Crippen molar-refractivity contribution in [1.82, 2.24) is 55.1 Å². The molecule has 5 rings (SSSR count). The summed E-state index contributed by atoms with van der Waals surface area (Å²) in [6.07, 6.45) is 2.90. The SMILES string of the molecule is CC[C@H](C)[C@@H]1NC(=O)[C@H](CC(C)C)N(C)C(=O)C[C@@H](C)N(C)C(=O)[C@H](CCC(C)C)N(C)C(=O)C2(CCCC2)NC(=O)C2CCCN2C(=O)[C@H](CCc2ccc(C(F)(F)F)c(Cl)c2)NC(=O)CN(C)C(=O)[C@H](CC2CCCCC2)N(C)C(=O)CN(C)C(=O)CN(C)C1=O. The lowest BCUT2D eigenvalue weighted by atomic mass is 9.84. The lowest BCUT2D eigenvalue weighted by Gasteiger charge is -2.40. The number of amides is 11. The minimum Gasteiger partial charge on any atom is -0.343 e. The van der Waals surface area contributed by atoms with Crippen molar-refractivity contribution in [3.8, 4) is 0 Å². The Labute approximate surface area is 553 Å². The zero-order valence-electron chi connectivity index (χ0n) is 57.4. The second-order valence-corrected chi connectivity index (χ2v) is 28.2. The standard InChI is InChI=1S/C67H105ClF3N11O11/c1-15-43(6)58-64(92)77(10)39-56(85)75(8)40-57(86)80(13)53(37-45-22-17-16-18-23-45)62(90)76(9)38-54(83)72-49(29-27-46-26-28-47(48(68)36-46)67(69,70)71)61(89)82-33-21-24-50(82)60(88)74-66(31-19-20-32-66)65(93)81(14)51(30-25-41(2)3)63(91)78(11)44(7)35-55(84)79(12)52(34-42(4)5)59(87)73-58/h26,28,36,41-45,49-53,58H,15-25,27,29-35,37-40H2,1-14H3,(H,72,83)(H,73,87)(H,74,88)/t43-,44+,49-,50?,51-,52-,53-,58-/m0/s1. The number of carbonyl (C=O) groups is 11. The molecular formula is C67H105ClF3N11O11. The minimum absolute atomic E-state index is 0.0333. The summed E-state index contributed by atoms with van der Waals surface area (Å²) >= 11 is 6.13. The molecule has 2 aliphatic carbocycles. The first-order valence-electron chi connectivity index (χ1n) is 33.4. The van der Waals surface area contributed by atoms with Crippen molar-refractivity contribution in [1.29, 1.82) is 0 Å². The van der Waals surface area contributed by atoms with Crippen LogP contribution in [-0.2, 0) is 65.3 Å². The zero-order valence-corrected chi connectivity index (χ0v) is 58.2. The van der Waals surface area contributed by atoms with E-state index in [1.807, 2.05) is 34.6 Å². The molecular weight excluding hydrogens is 1230 g/mol. The highest BCUT2D eigenvalue weighted by Gasteiger charge is 2.50. The zero-order chi connectivity index (χ0) is 69.6. The lowest BCUT2D eigenvalue weighted by Crippen LogP contribution is -2.64. The molecule has 11 amide bonds. The third-order valence-electron chi connectivity index (χ3n) is 19.7. The molecule has 2 saturated carbocycles. The number of rotatable bonds is 12. The molecule has 522 valence electrons. The van der Waals surface area contributed by atoms with E-state index in [1.165, 1.54) is 77.8 Å². The van der Waals surface area contributed by atoms with Crippen LogP contribution in [0, 0.1) is 23.7 Å². The van der Waals surface area contributed by atoms with Crippen LogP contribution in [-0.4, -0.2) is 228 Å². The van der Waals surface area contributed by atoms with E-state index >= 15 is 9.59 Å². The van der Waals surface area contributed by atoms with Gasteiger partial charge in [-0.3, -0.25) is 52.7 Å². The second kappa shape index (κ2) is 34.2. The molecule has 2 aliphatic heterocycles. The fraction of sp³-hybridized carbons (Fsp3) is 0.746. The van der Waals surface area contributed by atoms with Crippen LogP contribution in [0.3, 0.4) is 0 Å². The summed E-state index contributed by atoms with van der Waals surface area (Å²) in [6.45, 7) is 11.5. The van der Waals surface area contributed by atoms with E-state index in [1.54, 1.807) is 20.9 Å². The number of benzene rings is 1. The van der Waals surface area contributed by atoms with E-state index in [2.05, 4.69) is 16.0 Å². The van der Waals surface area contributed by atoms with Crippen LogP contribution >= 0.6 is 11.6 Å². The van der Waals surface area contributed by atoms with Gasteiger partial charge in [-0.2, -0.15) is 13.2 Å². The number of nitrogens with one attached hydrogen (secondary N) is 3. The van der Waals surface area contributed by atoms with Gasteiger partial charge in [-0.1, -0.05) is 111 Å². The van der Waals surface area contributed by atoms with E-state index in [4.69, 9.17) is 11.6 Å². The predicted molar refractivity (Wildman–Crippen MR) is 346 cm³/mol. The van der Waals surface area contributed by atoms with Crippen LogP contribution in [0.1, 0.15) is 175 Å². The van der Waals surface area contributed by atoms with Crippen LogP contribution < -0.4 is 16.0 Å². The molecule has 26 heteroatoms. The van der Waals surface area contributed by atoms with Gasteiger partial charge in [-0.25, -0.2) is 0 Å². The highest BCUT2D eigenvalue weighted by atomic mass is 35.5. The lowest BCUT2D eigenvalue weighted by molar-refractivity contribution is -0.151. The molecule has 2 saturated heterocycles. The predicted octanol–water partition coefficient (Wildman–Crippen LogP) is 6.29. The molecule has 1 unspecified atom stereocenters. The summed E-state index contributed by atoms with van der Waals surface area (Å²) in [6, 6.07) is -4.47. The number of alkyl halides is 3. The van der Waals surface area contributed by atoms with Gasteiger partial charge in [0.2, 0.25) is 65.0 Å². The van der Waals surface area contributed by atoms with E-state index in [-0.39, 0.29) is 82.1 Å². The van der Waals surface area contributed by atoms with Gasteiger partial charge in [-0.05, 0) is 112 Å². The van der Waals surface area contributed by atoms with Crippen molar-refractivity contribution in [3.63, 3.8) is 0 Å². The van der Waals surface area contributed by atoms with Crippen molar-refractivity contribution >= 4 is 76.6 Å². The number of aryl methyl sites for hydroxylation is 1. The fourth-order valence-corrected chi connectivity index (χ4v) is 13.6. The maximum Gasteiger partial charge on any atom is 0.417 e. The van der Waals surface area contributed by atoms with Gasteiger partial charge in [0.05, 0.1) is 30.2 Å². The normalized spacial score (nSPS) is 26.0. The first-order valence-corrected chi connectivity index (χ1v) is 33.8. The fourth-order valence-electron chi connectivity index (χ4n) is 13.3. The second-order valence-electron chi connectivity index (χ2n) is 27.8. The largest absolute Gasteiger partial charge is 0.417 e. The molecule has 22 nitrogen and oxygen atoms in total. The van der Waals surface area contributed by atoms with Crippen molar-refractivity contribution < 1.29 is 65.9 Å². The summed E-state index contributed by atoms with van der Waals surface area (Å²) in [7, 11) is 10.2. The Morgan fingerprint density at radius 1 is 0.624 bits per heavy atom. The van der Waals surface area contributed by atoms with E-state index < -0.39 is 155 Å². The smallest absolute Gasteiger partial charge is 0.343 e. The molecule has 4 aliphatic rings. The molecule has 1 aromatic rings. The van der Waals surface area contributed by atoms with Gasteiger partial charge in [-0.15, -0.1) is 0 Å². The molecule has 0 bridgehead atoms. The number of nitrogens with zero attached hydrogens (tertiary/aromatic N) is 8. The van der Waals surface area contributed by atoms with Crippen molar-refractivity contribution in [3.05, 3.63) is 34.3 Å². The Kier molecular flexibility index (Phi) is 28.4. The summed E-state index contributed by atoms with van der Waals surface area (Å²) < 4.78 is 41.4. The summed E-state index contributed by atoms with van der Waals surface area (Å²) in [5, 5.41) is 8.14. The van der Waals surface area contributed by atoms with Crippen molar-refractivity contribution in [2.24, 2.45) is 23.7 Å². The first kappa shape index (κ1) is 77.2. The number of hydrogen-bond donors (Lipinski definition) is 3. The third kappa shape index (κ3) is 20.5. The van der Waals surface area contributed by atoms with E-state index in [0.717, 1.165) is 54.0 Å². The number of carbonyl (C=O) groups excluding carboxylic acids is 11. The van der Waals surface area contributed by atoms with Gasteiger partial charge in [0.1, 0.15) is 41.8 Å². The van der Waals surface area contributed by atoms with Gasteiger partial charge in [0.25, 0.3) is 0 Å². The van der Waals surface area contributed by atoms with Crippen LogP contribution in [0.5, 0.6) is 0 Å². The highest BCUT2D eigenvalue weighted by Crippen LogP contribution is 2.37. The molecule has 8 atom stereocenters. The maximum absolute atomic E-state index is 15.2. The Morgan fingerprint density at radius 2 is 1.24 bits per heavy atom. The monoisotopic (exact) mass is 1330 g/mol. The third-order valence-corrected chi connectivity index (χ3v) is 20.0. The van der Waals surface area contributed by atoms with Crippen LogP contribution in [0.15, 0.2) is 18.2 Å². The summed E-state index contributed by atoms with van der Waals surface area (Å²) in [5.41, 5.74) is -2.24. The molecule has 1 spiro atoms. The topological polar surface area (TPSA) is 250 Å². The van der Waals surface area contributed by atoms with Crippen LogP contribution in [0.2, 0.25) is 5.02 Å². The molecule has 93 heavy (non-hydrogen) atoms. The minimum atomic E-state index is -4.74. The Balaban J connectivity index is 1.57. The average Bonchev–Trinajstić information content (AvgIpc) is 1.77. The van der Waals surface area contributed by atoms with Crippen LogP contribution in [0.25, 0.3) is 0 Å².